The molecule has 0 saturated carbocycles. The Morgan fingerprint density at radius 2 is 1.62 bits per heavy atom. The Labute approximate surface area is 230 Å². The zero-order valence-electron chi connectivity index (χ0n) is 22.8. The second-order valence-corrected chi connectivity index (χ2v) is 10.7. The van der Waals surface area contributed by atoms with Gasteiger partial charge in [0.05, 0.1) is 37.1 Å². The summed E-state index contributed by atoms with van der Waals surface area (Å²) in [4.78, 5) is 13.2. The first-order valence-electron chi connectivity index (χ1n) is 14.2. The summed E-state index contributed by atoms with van der Waals surface area (Å²) in [6, 6.07) is 19.0. The van der Waals surface area contributed by atoms with Gasteiger partial charge in [-0.15, -0.1) is 0 Å². The van der Waals surface area contributed by atoms with E-state index in [-0.39, 0.29) is 24.4 Å². The van der Waals surface area contributed by atoms with Crippen molar-refractivity contribution in [1.29, 1.82) is 0 Å². The van der Waals surface area contributed by atoms with Crippen molar-refractivity contribution in [2.75, 3.05) is 13.2 Å². The first-order chi connectivity index (χ1) is 19.0. The molecule has 3 heterocycles. The Bertz CT molecular complexity index is 1010. The zero-order chi connectivity index (χ0) is 27.0. The van der Waals surface area contributed by atoms with Crippen LogP contribution in [0, 0.1) is 0 Å². The van der Waals surface area contributed by atoms with Gasteiger partial charge in [0.1, 0.15) is 12.2 Å². The van der Waals surface area contributed by atoms with Crippen LogP contribution in [0.2, 0.25) is 0 Å². The van der Waals surface area contributed by atoms with Gasteiger partial charge in [-0.1, -0.05) is 48.5 Å². The summed E-state index contributed by atoms with van der Waals surface area (Å²) >= 11 is 0. The fraction of sp³-hybridized carbons (Fsp3) is 0.581. The third-order valence-corrected chi connectivity index (χ3v) is 7.44. The van der Waals surface area contributed by atoms with Crippen molar-refractivity contribution in [3.8, 4) is 0 Å². The molecule has 3 aliphatic rings. The lowest BCUT2D eigenvalue weighted by Crippen LogP contribution is -2.55. The molecule has 3 saturated heterocycles. The van der Waals surface area contributed by atoms with Crippen LogP contribution < -0.4 is 0 Å². The van der Waals surface area contributed by atoms with E-state index >= 15 is 0 Å². The molecule has 0 aromatic heterocycles. The van der Waals surface area contributed by atoms with Crippen molar-refractivity contribution in [3.05, 3.63) is 71.8 Å². The number of carbonyl (C=O) groups is 1. The molecule has 39 heavy (non-hydrogen) atoms. The maximum absolute atomic E-state index is 13.2. The first-order valence-corrected chi connectivity index (χ1v) is 14.2. The summed E-state index contributed by atoms with van der Waals surface area (Å²) in [5.74, 6) is -0.448. The third kappa shape index (κ3) is 7.87. The molecular formula is C31H40O8. The molecule has 8 heteroatoms. The van der Waals surface area contributed by atoms with Crippen LogP contribution in [-0.2, 0) is 39.8 Å². The smallest absolute Gasteiger partial charge is 0.338 e. The summed E-state index contributed by atoms with van der Waals surface area (Å²) in [6.07, 6.45) is 0.972. The predicted octanol–water partition coefficient (Wildman–Crippen LogP) is 5.04. The Hall–Kier alpha value is -2.33. The lowest BCUT2D eigenvalue weighted by atomic mass is 10.0. The fourth-order valence-electron chi connectivity index (χ4n) is 5.26. The van der Waals surface area contributed by atoms with Crippen LogP contribution in [0.25, 0.3) is 0 Å². The minimum absolute atomic E-state index is 0.150. The molecule has 3 aliphatic heterocycles. The van der Waals surface area contributed by atoms with E-state index in [4.69, 9.17) is 33.2 Å². The number of hydrogen-bond acceptors (Lipinski definition) is 8. The van der Waals surface area contributed by atoms with Crippen molar-refractivity contribution in [1.82, 2.24) is 0 Å². The number of rotatable bonds is 9. The molecule has 2 aromatic carbocycles. The van der Waals surface area contributed by atoms with Crippen LogP contribution in [0.15, 0.2) is 60.7 Å². The molecule has 0 bridgehead atoms. The molecule has 212 valence electrons. The lowest BCUT2D eigenvalue weighted by Gasteiger charge is -2.43. The van der Waals surface area contributed by atoms with Crippen LogP contribution in [0.1, 0.15) is 61.9 Å². The summed E-state index contributed by atoms with van der Waals surface area (Å²) in [5.41, 5.74) is 1.55. The van der Waals surface area contributed by atoms with Gasteiger partial charge in [0.25, 0.3) is 0 Å². The van der Waals surface area contributed by atoms with E-state index in [0.717, 1.165) is 31.2 Å². The minimum atomic E-state index is -0.791. The number of ether oxygens (including phenoxy) is 7. The third-order valence-electron chi connectivity index (χ3n) is 7.44. The molecule has 0 radical (unpaired) electrons. The zero-order valence-corrected chi connectivity index (χ0v) is 22.8. The minimum Gasteiger partial charge on any atom is -0.451 e. The van der Waals surface area contributed by atoms with Gasteiger partial charge in [-0.05, 0) is 57.2 Å². The highest BCUT2D eigenvalue weighted by atomic mass is 16.7. The molecule has 0 N–H and O–H groups in total. The summed E-state index contributed by atoms with van der Waals surface area (Å²) in [6.45, 7) is 5.57. The molecule has 3 fully saturated rings. The summed E-state index contributed by atoms with van der Waals surface area (Å²) in [5, 5.41) is 0. The number of hydrogen-bond donors (Lipinski definition) is 0. The average Bonchev–Trinajstić information content (AvgIpc) is 2.96. The van der Waals surface area contributed by atoms with Crippen molar-refractivity contribution < 1.29 is 38.0 Å². The molecule has 0 spiro atoms. The van der Waals surface area contributed by atoms with E-state index in [1.807, 2.05) is 55.5 Å². The summed E-state index contributed by atoms with van der Waals surface area (Å²) < 4.78 is 43.4. The van der Waals surface area contributed by atoms with Gasteiger partial charge in [0, 0.05) is 13.0 Å². The highest BCUT2D eigenvalue weighted by molar-refractivity contribution is 5.89. The number of esters is 1. The SMILES string of the molecule is CC1CC[C@H](O[C@@H]2OC(C)CC(O[C@@H]3OCCC[C@@H]3OCc3ccccc3)C2OC(=O)c2ccccc2)CO1. The largest absolute Gasteiger partial charge is 0.451 e. The van der Waals surface area contributed by atoms with Crippen molar-refractivity contribution >= 4 is 5.97 Å². The molecule has 8 nitrogen and oxygen atoms in total. The maximum Gasteiger partial charge on any atom is 0.338 e. The van der Waals surface area contributed by atoms with Crippen molar-refractivity contribution in [2.24, 2.45) is 0 Å². The van der Waals surface area contributed by atoms with Crippen molar-refractivity contribution in [2.45, 2.75) is 102 Å². The van der Waals surface area contributed by atoms with Gasteiger partial charge in [-0.25, -0.2) is 4.79 Å². The second kappa shape index (κ2) is 13.8. The first kappa shape index (κ1) is 28.2. The molecule has 2 aromatic rings. The molecular weight excluding hydrogens is 500 g/mol. The van der Waals surface area contributed by atoms with Gasteiger partial charge in [0.2, 0.25) is 0 Å². The van der Waals surface area contributed by atoms with Gasteiger partial charge in [0.15, 0.2) is 18.7 Å². The Morgan fingerprint density at radius 3 is 2.36 bits per heavy atom. The highest BCUT2D eigenvalue weighted by Crippen LogP contribution is 2.32. The second-order valence-electron chi connectivity index (χ2n) is 10.7. The van der Waals surface area contributed by atoms with E-state index in [1.165, 1.54) is 0 Å². The Kier molecular flexibility index (Phi) is 10.0. The van der Waals surface area contributed by atoms with Crippen LogP contribution in [0.4, 0.5) is 0 Å². The van der Waals surface area contributed by atoms with E-state index in [1.54, 1.807) is 12.1 Å². The Balaban J connectivity index is 1.31. The van der Waals surface area contributed by atoms with Gasteiger partial charge in [-0.3, -0.25) is 0 Å². The topological polar surface area (TPSA) is 81.7 Å². The van der Waals surface area contributed by atoms with Crippen LogP contribution in [0.5, 0.6) is 0 Å². The molecule has 0 aliphatic carbocycles. The monoisotopic (exact) mass is 540 g/mol. The normalized spacial score (nSPS) is 33.4. The Morgan fingerprint density at radius 1 is 0.846 bits per heavy atom. The van der Waals surface area contributed by atoms with Gasteiger partial charge in [-0.2, -0.15) is 0 Å². The lowest BCUT2D eigenvalue weighted by molar-refractivity contribution is -0.321. The van der Waals surface area contributed by atoms with E-state index in [9.17, 15) is 4.79 Å². The van der Waals surface area contributed by atoms with Crippen LogP contribution >= 0.6 is 0 Å². The van der Waals surface area contributed by atoms with E-state index in [0.29, 0.717) is 31.8 Å². The molecule has 8 atom stereocenters. The number of benzene rings is 2. The molecule has 5 rings (SSSR count). The van der Waals surface area contributed by atoms with E-state index < -0.39 is 30.8 Å². The fourth-order valence-corrected chi connectivity index (χ4v) is 5.26. The average molecular weight is 541 g/mol. The van der Waals surface area contributed by atoms with Gasteiger partial charge >= 0.3 is 5.97 Å². The predicted molar refractivity (Wildman–Crippen MR) is 143 cm³/mol. The van der Waals surface area contributed by atoms with Gasteiger partial charge < -0.3 is 33.2 Å². The van der Waals surface area contributed by atoms with Crippen molar-refractivity contribution in [3.63, 3.8) is 0 Å². The van der Waals surface area contributed by atoms with Crippen LogP contribution in [-0.4, -0.2) is 68.4 Å². The standard InChI is InChI=1S/C31H40O8/c1-21-15-16-25(20-34-21)37-31-28(39-29(32)24-12-7-4-8-13-24)27(18-22(2)36-31)38-30-26(14-9-17-33-30)35-19-23-10-5-3-6-11-23/h3-8,10-13,21-22,25-28,30-31H,9,14-20H2,1-2H3/t21?,22?,25-,26-,27?,28?,30-,31-/m0/s1. The van der Waals surface area contributed by atoms with Crippen LogP contribution in [0.3, 0.4) is 0 Å². The molecule has 0 amide bonds. The molecule has 4 unspecified atom stereocenters. The summed E-state index contributed by atoms with van der Waals surface area (Å²) in [7, 11) is 0. The number of carbonyl (C=O) groups excluding carboxylic acids is 1. The highest BCUT2D eigenvalue weighted by Gasteiger charge is 2.45. The quantitative estimate of drug-likeness (QED) is 0.410. The maximum atomic E-state index is 13.2. The van der Waals surface area contributed by atoms with E-state index in [2.05, 4.69) is 6.92 Å².